The highest BCUT2D eigenvalue weighted by molar-refractivity contribution is 6.45. The van der Waals surface area contributed by atoms with Crippen molar-refractivity contribution in [2.75, 3.05) is 0 Å². The lowest BCUT2D eigenvalue weighted by Gasteiger charge is -2.07. The second kappa shape index (κ2) is 3.37. The maximum Gasteiger partial charge on any atom is 0.416 e. The molecule has 0 bridgehead atoms. The van der Waals surface area contributed by atoms with Gasteiger partial charge in [0.25, 0.3) is 0 Å². The molecule has 0 saturated heterocycles. The summed E-state index contributed by atoms with van der Waals surface area (Å²) in [5.41, 5.74) is -1.34. The first kappa shape index (κ1) is 10.0. The Labute approximate surface area is 72.3 Å². The second-order valence-corrected chi connectivity index (χ2v) is 2.36. The molecule has 1 aromatic carbocycles. The summed E-state index contributed by atoms with van der Waals surface area (Å²) in [6.07, 6.45) is -4.56. The molecule has 0 spiro atoms. The van der Waals surface area contributed by atoms with Crippen LogP contribution in [0.3, 0.4) is 0 Å². The second-order valence-electron chi connectivity index (χ2n) is 2.36. The normalized spacial score (nSPS) is 11.5. The van der Waals surface area contributed by atoms with Crippen LogP contribution in [0.15, 0.2) is 18.2 Å². The van der Waals surface area contributed by atoms with Crippen molar-refractivity contribution < 1.29 is 22.6 Å². The summed E-state index contributed by atoms with van der Waals surface area (Å²) < 4.78 is 48.6. The van der Waals surface area contributed by atoms with Crippen molar-refractivity contribution in [1.82, 2.24) is 0 Å². The van der Waals surface area contributed by atoms with E-state index >= 15 is 0 Å². The fourth-order valence-electron chi connectivity index (χ4n) is 0.808. The van der Waals surface area contributed by atoms with Gasteiger partial charge in [0.05, 0.1) is 5.56 Å². The van der Waals surface area contributed by atoms with Gasteiger partial charge in [-0.1, -0.05) is 12.1 Å². The van der Waals surface area contributed by atoms with Gasteiger partial charge < -0.3 is 5.02 Å². The Morgan fingerprint density at radius 3 is 2.23 bits per heavy atom. The van der Waals surface area contributed by atoms with Gasteiger partial charge in [-0.2, -0.15) is 13.2 Å². The maximum atomic E-state index is 12.7. The molecule has 0 aliphatic rings. The van der Waals surface area contributed by atoms with Gasteiger partial charge in [-0.05, 0) is 11.5 Å². The first-order chi connectivity index (χ1) is 5.95. The zero-order chi connectivity index (χ0) is 10.1. The Bertz CT molecular complexity index is 310. The molecule has 6 heteroatoms. The SMILES string of the molecule is O[B]c1ccc(C(F)(F)F)cc1F. The van der Waals surface area contributed by atoms with Crippen molar-refractivity contribution in [3.8, 4) is 0 Å². The van der Waals surface area contributed by atoms with Gasteiger partial charge >= 0.3 is 13.7 Å². The van der Waals surface area contributed by atoms with Crippen molar-refractivity contribution in [3.05, 3.63) is 29.6 Å². The molecule has 0 atom stereocenters. The van der Waals surface area contributed by atoms with Gasteiger partial charge in [-0.25, -0.2) is 4.39 Å². The van der Waals surface area contributed by atoms with Crippen molar-refractivity contribution >= 4 is 12.9 Å². The minimum Gasteiger partial charge on any atom is -0.450 e. The first-order valence-electron chi connectivity index (χ1n) is 3.29. The van der Waals surface area contributed by atoms with E-state index in [2.05, 4.69) is 0 Å². The van der Waals surface area contributed by atoms with Crippen LogP contribution >= 0.6 is 0 Å². The van der Waals surface area contributed by atoms with E-state index in [1.54, 1.807) is 0 Å². The number of alkyl halides is 3. The van der Waals surface area contributed by atoms with Crippen LogP contribution in [-0.2, 0) is 6.18 Å². The highest BCUT2D eigenvalue weighted by atomic mass is 19.4. The van der Waals surface area contributed by atoms with Gasteiger partial charge in [0, 0.05) is 0 Å². The van der Waals surface area contributed by atoms with E-state index in [1.165, 1.54) is 0 Å². The third-order valence-corrected chi connectivity index (χ3v) is 1.47. The molecular formula is C7H4BF4O. The summed E-state index contributed by atoms with van der Waals surface area (Å²) in [5, 5.41) is 8.37. The Morgan fingerprint density at radius 1 is 1.23 bits per heavy atom. The third kappa shape index (κ3) is 2.21. The highest BCUT2D eigenvalue weighted by Gasteiger charge is 2.31. The molecule has 1 rings (SSSR count). The number of benzene rings is 1. The lowest BCUT2D eigenvalue weighted by atomic mass is 9.87. The molecule has 0 fully saturated rings. The van der Waals surface area contributed by atoms with Crippen LogP contribution in [0.25, 0.3) is 0 Å². The predicted molar refractivity (Wildman–Crippen MR) is 39.0 cm³/mol. The lowest BCUT2D eigenvalue weighted by molar-refractivity contribution is -0.137. The molecule has 13 heavy (non-hydrogen) atoms. The van der Waals surface area contributed by atoms with Gasteiger partial charge in [-0.3, -0.25) is 0 Å². The molecule has 0 unspecified atom stereocenters. The molecule has 1 nitrogen and oxygen atoms in total. The Kier molecular flexibility index (Phi) is 2.61. The lowest BCUT2D eigenvalue weighted by Crippen LogP contribution is -2.19. The van der Waals surface area contributed by atoms with Gasteiger partial charge in [0.15, 0.2) is 0 Å². The van der Waals surface area contributed by atoms with E-state index in [0.717, 1.165) is 6.07 Å². The van der Waals surface area contributed by atoms with Crippen LogP contribution in [0.2, 0.25) is 0 Å². The minimum atomic E-state index is -4.56. The van der Waals surface area contributed by atoms with Crippen molar-refractivity contribution in [3.63, 3.8) is 0 Å². The summed E-state index contributed by atoms with van der Waals surface area (Å²) in [6, 6.07) is 1.89. The van der Waals surface area contributed by atoms with Crippen LogP contribution in [0, 0.1) is 5.82 Å². The smallest absolute Gasteiger partial charge is 0.416 e. The molecule has 1 radical (unpaired) electrons. The molecule has 1 N–H and O–H groups in total. The van der Waals surface area contributed by atoms with E-state index < -0.39 is 17.6 Å². The van der Waals surface area contributed by atoms with Crippen molar-refractivity contribution in [1.29, 1.82) is 0 Å². The topological polar surface area (TPSA) is 20.2 Å². The molecular weight excluding hydrogens is 187 g/mol. The molecule has 0 saturated carbocycles. The fourth-order valence-corrected chi connectivity index (χ4v) is 0.808. The number of halogens is 4. The summed E-state index contributed by atoms with van der Waals surface area (Å²) in [4.78, 5) is 0. The van der Waals surface area contributed by atoms with Crippen molar-refractivity contribution in [2.45, 2.75) is 6.18 Å². The first-order valence-corrected chi connectivity index (χ1v) is 3.29. The molecule has 0 amide bonds. The highest BCUT2D eigenvalue weighted by Crippen LogP contribution is 2.28. The summed E-state index contributed by atoms with van der Waals surface area (Å²) >= 11 is 0. The molecule has 0 heterocycles. The van der Waals surface area contributed by atoms with Crippen LogP contribution in [0.4, 0.5) is 17.6 Å². The Balaban J connectivity index is 3.10. The quantitative estimate of drug-likeness (QED) is 0.520. The van der Waals surface area contributed by atoms with E-state index in [1.807, 2.05) is 0 Å². The fraction of sp³-hybridized carbons (Fsp3) is 0.143. The average molecular weight is 191 g/mol. The molecule has 0 aliphatic heterocycles. The van der Waals surface area contributed by atoms with E-state index in [0.29, 0.717) is 19.6 Å². The summed E-state index contributed by atoms with van der Waals surface area (Å²) in [7, 11) is 0.412. The zero-order valence-corrected chi connectivity index (χ0v) is 6.27. The largest absolute Gasteiger partial charge is 0.450 e. The average Bonchev–Trinajstić information content (AvgIpc) is 2.02. The van der Waals surface area contributed by atoms with Crippen LogP contribution in [0.1, 0.15) is 5.56 Å². The predicted octanol–water partition coefficient (Wildman–Crippen LogP) is 1.08. The minimum absolute atomic E-state index is 0.270. The van der Waals surface area contributed by atoms with Crippen molar-refractivity contribution in [2.24, 2.45) is 0 Å². The molecule has 69 valence electrons. The zero-order valence-electron chi connectivity index (χ0n) is 6.27. The third-order valence-electron chi connectivity index (χ3n) is 1.47. The summed E-state index contributed by atoms with van der Waals surface area (Å²) in [5.74, 6) is -1.10. The van der Waals surface area contributed by atoms with Gasteiger partial charge in [0.1, 0.15) is 5.82 Å². The Hall–Kier alpha value is -1.04. The number of rotatable bonds is 1. The number of hydrogen-bond acceptors (Lipinski definition) is 1. The van der Waals surface area contributed by atoms with Gasteiger partial charge in [-0.15, -0.1) is 0 Å². The maximum absolute atomic E-state index is 12.7. The van der Waals surface area contributed by atoms with Gasteiger partial charge in [0.2, 0.25) is 0 Å². The molecule has 0 aliphatic carbocycles. The number of hydrogen-bond donors (Lipinski definition) is 1. The monoisotopic (exact) mass is 191 g/mol. The van der Waals surface area contributed by atoms with Crippen LogP contribution in [-0.4, -0.2) is 12.5 Å². The Morgan fingerprint density at radius 2 is 1.85 bits per heavy atom. The molecule has 1 aromatic rings. The summed E-state index contributed by atoms with van der Waals surface area (Å²) in [6.45, 7) is 0. The molecule has 0 aromatic heterocycles. The van der Waals surface area contributed by atoms with E-state index in [9.17, 15) is 17.6 Å². The van der Waals surface area contributed by atoms with E-state index in [4.69, 9.17) is 5.02 Å². The standard InChI is InChI=1S/C7H4BF4O/c9-6-3-4(7(10,11)12)1-2-5(6)8-13/h1-3,13H. The van der Waals surface area contributed by atoms with E-state index in [-0.39, 0.29) is 5.46 Å². The van der Waals surface area contributed by atoms with Crippen LogP contribution < -0.4 is 5.46 Å². The van der Waals surface area contributed by atoms with Crippen LogP contribution in [0.5, 0.6) is 0 Å².